The average molecular weight is 364 g/mol. The number of aromatic nitrogens is 1. The molecule has 6 heteroatoms. The molecule has 4 rings (SSSR count). The molecule has 1 aromatic heterocycles. The van der Waals surface area contributed by atoms with Crippen molar-refractivity contribution in [3.8, 4) is 0 Å². The zero-order valence-electron chi connectivity index (χ0n) is 14.5. The SMILES string of the molecule is O=C(O)[C@]12CN(Cc3ccncc3Cl)C[C@H]1CN(C1CCCCC1)C2. The number of hydrogen-bond donors (Lipinski definition) is 1. The number of carboxylic acid groups (broad SMARTS) is 1. The summed E-state index contributed by atoms with van der Waals surface area (Å²) in [5, 5.41) is 10.7. The molecule has 1 aromatic rings. The Morgan fingerprint density at radius 3 is 2.76 bits per heavy atom. The molecule has 0 unspecified atom stereocenters. The summed E-state index contributed by atoms with van der Waals surface area (Å²) >= 11 is 6.23. The lowest BCUT2D eigenvalue weighted by Crippen LogP contribution is -2.43. The molecule has 2 atom stereocenters. The van der Waals surface area contributed by atoms with E-state index >= 15 is 0 Å². The normalized spacial score (nSPS) is 31.3. The summed E-state index contributed by atoms with van der Waals surface area (Å²) in [5.74, 6) is -0.410. The summed E-state index contributed by atoms with van der Waals surface area (Å²) < 4.78 is 0. The van der Waals surface area contributed by atoms with E-state index in [0.29, 0.717) is 30.7 Å². The van der Waals surface area contributed by atoms with Crippen molar-refractivity contribution < 1.29 is 9.90 Å². The van der Waals surface area contributed by atoms with Gasteiger partial charge >= 0.3 is 5.97 Å². The number of pyridine rings is 1. The van der Waals surface area contributed by atoms with Crippen LogP contribution in [0.5, 0.6) is 0 Å². The summed E-state index contributed by atoms with van der Waals surface area (Å²) in [6.07, 6.45) is 9.79. The van der Waals surface area contributed by atoms with E-state index in [0.717, 1.165) is 18.7 Å². The van der Waals surface area contributed by atoms with Crippen LogP contribution in [0.1, 0.15) is 37.7 Å². The molecule has 1 N–H and O–H groups in total. The Hall–Kier alpha value is -1.17. The van der Waals surface area contributed by atoms with Gasteiger partial charge in [0.05, 0.1) is 10.4 Å². The fraction of sp³-hybridized carbons (Fsp3) is 0.684. The highest BCUT2D eigenvalue weighted by Crippen LogP contribution is 2.45. The largest absolute Gasteiger partial charge is 0.481 e. The van der Waals surface area contributed by atoms with Crippen molar-refractivity contribution in [3.05, 3.63) is 29.0 Å². The van der Waals surface area contributed by atoms with Crippen LogP contribution in [0.2, 0.25) is 5.02 Å². The first kappa shape index (κ1) is 17.3. The van der Waals surface area contributed by atoms with Crippen molar-refractivity contribution in [2.75, 3.05) is 26.2 Å². The number of carboxylic acids is 1. The number of carbonyl (C=O) groups is 1. The number of nitrogens with zero attached hydrogens (tertiary/aromatic N) is 3. The summed E-state index contributed by atoms with van der Waals surface area (Å²) in [5.41, 5.74) is 0.415. The Labute approximate surface area is 154 Å². The van der Waals surface area contributed by atoms with Gasteiger partial charge in [-0.3, -0.25) is 19.6 Å². The first-order valence-electron chi connectivity index (χ1n) is 9.37. The van der Waals surface area contributed by atoms with Gasteiger partial charge in [-0.25, -0.2) is 0 Å². The van der Waals surface area contributed by atoms with Crippen molar-refractivity contribution in [3.63, 3.8) is 0 Å². The first-order valence-corrected chi connectivity index (χ1v) is 9.74. The molecule has 1 aliphatic carbocycles. The number of likely N-dealkylation sites (tertiary alicyclic amines) is 2. The van der Waals surface area contributed by atoms with Crippen LogP contribution < -0.4 is 0 Å². The Bertz CT molecular complexity index is 649. The molecule has 1 saturated carbocycles. The van der Waals surface area contributed by atoms with Crippen LogP contribution in [0, 0.1) is 11.3 Å². The molecule has 2 aliphatic heterocycles. The smallest absolute Gasteiger partial charge is 0.312 e. The van der Waals surface area contributed by atoms with Crippen molar-refractivity contribution in [2.24, 2.45) is 11.3 Å². The van der Waals surface area contributed by atoms with E-state index < -0.39 is 11.4 Å². The van der Waals surface area contributed by atoms with Gasteiger partial charge in [0.15, 0.2) is 0 Å². The van der Waals surface area contributed by atoms with Gasteiger partial charge in [0.2, 0.25) is 0 Å². The minimum atomic E-state index is -0.626. The lowest BCUT2D eigenvalue weighted by atomic mass is 9.81. The summed E-state index contributed by atoms with van der Waals surface area (Å²) in [6, 6.07) is 2.52. The minimum Gasteiger partial charge on any atom is -0.481 e. The highest BCUT2D eigenvalue weighted by atomic mass is 35.5. The van der Waals surface area contributed by atoms with Crippen molar-refractivity contribution in [1.82, 2.24) is 14.8 Å². The maximum Gasteiger partial charge on any atom is 0.312 e. The van der Waals surface area contributed by atoms with Crippen LogP contribution >= 0.6 is 11.6 Å². The van der Waals surface area contributed by atoms with Crippen LogP contribution in [0.3, 0.4) is 0 Å². The predicted molar refractivity (Wildman–Crippen MR) is 96.5 cm³/mol. The molecule has 0 bridgehead atoms. The Morgan fingerprint density at radius 1 is 1.28 bits per heavy atom. The third kappa shape index (κ3) is 3.18. The van der Waals surface area contributed by atoms with Crippen molar-refractivity contribution in [1.29, 1.82) is 0 Å². The third-order valence-electron chi connectivity index (χ3n) is 6.47. The number of hydrogen-bond acceptors (Lipinski definition) is 4. The minimum absolute atomic E-state index is 0.215. The second-order valence-corrected chi connectivity index (χ2v) is 8.42. The van der Waals surface area contributed by atoms with E-state index in [-0.39, 0.29) is 5.92 Å². The standard InChI is InChI=1S/C19H26ClN3O2/c20-17-8-21-7-6-14(17)9-22-10-15-11-23(16-4-2-1-3-5-16)13-19(15,12-22)18(24)25/h6-8,15-16H,1-5,9-13H2,(H,24,25)/t15-,19-/m0/s1. The van der Waals surface area contributed by atoms with E-state index in [2.05, 4.69) is 14.8 Å². The maximum atomic E-state index is 12.2. The van der Waals surface area contributed by atoms with Gasteiger partial charge in [-0.1, -0.05) is 30.9 Å². The van der Waals surface area contributed by atoms with Gasteiger partial charge in [-0.2, -0.15) is 0 Å². The lowest BCUT2D eigenvalue weighted by Gasteiger charge is -2.33. The van der Waals surface area contributed by atoms with E-state index in [9.17, 15) is 9.90 Å². The second kappa shape index (κ2) is 6.86. The predicted octanol–water partition coefficient (Wildman–Crippen LogP) is 2.89. The van der Waals surface area contributed by atoms with Crippen LogP contribution in [-0.4, -0.2) is 58.1 Å². The zero-order valence-corrected chi connectivity index (χ0v) is 15.3. The fourth-order valence-electron chi connectivity index (χ4n) is 5.13. The summed E-state index contributed by atoms with van der Waals surface area (Å²) in [6.45, 7) is 3.80. The Balaban J connectivity index is 1.47. The second-order valence-electron chi connectivity index (χ2n) is 8.02. The molecule has 25 heavy (non-hydrogen) atoms. The topological polar surface area (TPSA) is 56.7 Å². The molecule has 0 aromatic carbocycles. The van der Waals surface area contributed by atoms with Gasteiger partial charge in [0, 0.05) is 57.1 Å². The van der Waals surface area contributed by atoms with Crippen LogP contribution in [0.25, 0.3) is 0 Å². The molecule has 5 nitrogen and oxygen atoms in total. The summed E-state index contributed by atoms with van der Waals surface area (Å²) in [7, 11) is 0. The molecule has 0 spiro atoms. The summed E-state index contributed by atoms with van der Waals surface area (Å²) in [4.78, 5) is 21.0. The van der Waals surface area contributed by atoms with Crippen molar-refractivity contribution in [2.45, 2.75) is 44.7 Å². The molecule has 0 radical (unpaired) electrons. The van der Waals surface area contributed by atoms with E-state index in [1.54, 1.807) is 12.4 Å². The highest BCUT2D eigenvalue weighted by Gasteiger charge is 2.58. The highest BCUT2D eigenvalue weighted by molar-refractivity contribution is 6.31. The van der Waals surface area contributed by atoms with Crippen LogP contribution in [0.4, 0.5) is 0 Å². The lowest BCUT2D eigenvalue weighted by molar-refractivity contribution is -0.149. The fourth-order valence-corrected chi connectivity index (χ4v) is 5.31. The molecular weight excluding hydrogens is 338 g/mol. The third-order valence-corrected chi connectivity index (χ3v) is 6.81. The number of aliphatic carboxylic acids is 1. The molecule has 2 saturated heterocycles. The first-order chi connectivity index (χ1) is 12.1. The Kier molecular flexibility index (Phi) is 4.73. The quantitative estimate of drug-likeness (QED) is 0.891. The van der Waals surface area contributed by atoms with E-state index in [4.69, 9.17) is 11.6 Å². The van der Waals surface area contributed by atoms with Crippen LogP contribution in [-0.2, 0) is 11.3 Å². The zero-order chi connectivity index (χ0) is 17.4. The number of fused-ring (bicyclic) bond motifs is 1. The number of rotatable bonds is 4. The molecule has 3 heterocycles. The maximum absolute atomic E-state index is 12.2. The Morgan fingerprint density at radius 2 is 2.08 bits per heavy atom. The number of halogens is 1. The van der Waals surface area contributed by atoms with Gasteiger partial charge in [-0.15, -0.1) is 0 Å². The van der Waals surface area contributed by atoms with E-state index in [1.165, 1.54) is 32.1 Å². The van der Waals surface area contributed by atoms with Gasteiger partial charge < -0.3 is 5.11 Å². The molecule has 3 aliphatic rings. The molecule has 3 fully saturated rings. The van der Waals surface area contributed by atoms with E-state index in [1.807, 2.05) is 6.07 Å². The van der Waals surface area contributed by atoms with Gasteiger partial charge in [-0.05, 0) is 24.5 Å². The molecule has 0 amide bonds. The average Bonchev–Trinajstić information content (AvgIpc) is 3.13. The van der Waals surface area contributed by atoms with Crippen LogP contribution in [0.15, 0.2) is 18.5 Å². The molecule has 136 valence electrons. The van der Waals surface area contributed by atoms with Crippen molar-refractivity contribution >= 4 is 17.6 Å². The van der Waals surface area contributed by atoms with Gasteiger partial charge in [0.25, 0.3) is 0 Å². The molecular formula is C19H26ClN3O2. The van der Waals surface area contributed by atoms with Gasteiger partial charge in [0.1, 0.15) is 0 Å². The monoisotopic (exact) mass is 363 g/mol.